The standard InChI is InChI=1S/C31H29N3O3/c1-32-31(36)29-20-28(15-16-33-29)37-27-14-12-23-11-13-26(18-25(23)19-27)34-30(35)24-9-7-22(8-10-24)17-21-5-3-2-4-6-21/h2-10,12,14-16,19-20,26H,11,13,17-18H2,1H3,(H,32,36)(H,34,35). The number of ether oxygens (including phenoxy) is 1. The van der Waals surface area contributed by atoms with Gasteiger partial charge in [-0.05, 0) is 78.3 Å². The van der Waals surface area contributed by atoms with Crippen LogP contribution in [0.15, 0.2) is 91.1 Å². The van der Waals surface area contributed by atoms with Gasteiger partial charge in [0.15, 0.2) is 0 Å². The predicted molar refractivity (Wildman–Crippen MR) is 143 cm³/mol. The third-order valence-corrected chi connectivity index (χ3v) is 6.64. The number of fused-ring (bicyclic) bond motifs is 1. The van der Waals surface area contributed by atoms with Crippen molar-refractivity contribution >= 4 is 11.8 Å². The van der Waals surface area contributed by atoms with Crippen LogP contribution in [0.4, 0.5) is 0 Å². The molecule has 1 unspecified atom stereocenters. The van der Waals surface area contributed by atoms with Gasteiger partial charge in [0.25, 0.3) is 11.8 Å². The lowest BCUT2D eigenvalue weighted by Gasteiger charge is -2.26. The number of benzene rings is 3. The van der Waals surface area contributed by atoms with Crippen LogP contribution in [0.2, 0.25) is 0 Å². The van der Waals surface area contributed by atoms with Gasteiger partial charge in [0.05, 0.1) is 0 Å². The van der Waals surface area contributed by atoms with Crippen LogP contribution in [0.1, 0.15) is 49.5 Å². The molecule has 0 bridgehead atoms. The molecule has 4 aromatic rings. The summed E-state index contributed by atoms with van der Waals surface area (Å²) in [6, 6.07) is 27.6. The Labute approximate surface area is 216 Å². The largest absolute Gasteiger partial charge is 0.457 e. The van der Waals surface area contributed by atoms with Gasteiger partial charge < -0.3 is 15.4 Å². The Hall–Kier alpha value is -4.45. The highest BCUT2D eigenvalue weighted by Crippen LogP contribution is 2.29. The van der Waals surface area contributed by atoms with Gasteiger partial charge in [-0.3, -0.25) is 14.6 Å². The topological polar surface area (TPSA) is 80.3 Å². The quantitative estimate of drug-likeness (QED) is 0.376. The highest BCUT2D eigenvalue weighted by molar-refractivity contribution is 5.94. The van der Waals surface area contributed by atoms with Crippen molar-refractivity contribution in [3.63, 3.8) is 0 Å². The van der Waals surface area contributed by atoms with Gasteiger partial charge in [0.1, 0.15) is 17.2 Å². The van der Waals surface area contributed by atoms with Crippen LogP contribution in [0.5, 0.6) is 11.5 Å². The van der Waals surface area contributed by atoms with E-state index in [2.05, 4.69) is 33.8 Å². The number of carbonyl (C=O) groups excluding carboxylic acids is 2. The van der Waals surface area contributed by atoms with Crippen molar-refractivity contribution in [2.45, 2.75) is 31.7 Å². The molecule has 0 saturated heterocycles. The highest BCUT2D eigenvalue weighted by atomic mass is 16.5. The number of rotatable bonds is 7. The minimum absolute atomic E-state index is 0.0503. The normalized spacial score (nSPS) is 14.4. The lowest BCUT2D eigenvalue weighted by Crippen LogP contribution is -2.38. The molecule has 186 valence electrons. The number of hydrogen-bond donors (Lipinski definition) is 2. The molecule has 6 heteroatoms. The van der Waals surface area contributed by atoms with Gasteiger partial charge in [-0.15, -0.1) is 0 Å². The molecule has 1 aromatic heterocycles. The molecule has 0 fully saturated rings. The Morgan fingerprint density at radius 2 is 1.62 bits per heavy atom. The van der Waals surface area contributed by atoms with E-state index < -0.39 is 0 Å². The van der Waals surface area contributed by atoms with Gasteiger partial charge in [-0.2, -0.15) is 0 Å². The van der Waals surface area contributed by atoms with E-state index in [0.717, 1.165) is 31.2 Å². The summed E-state index contributed by atoms with van der Waals surface area (Å²) in [6.45, 7) is 0. The Kier molecular flexibility index (Phi) is 7.26. The van der Waals surface area contributed by atoms with Gasteiger partial charge in [-0.25, -0.2) is 0 Å². The van der Waals surface area contributed by atoms with E-state index in [9.17, 15) is 9.59 Å². The van der Waals surface area contributed by atoms with Gasteiger partial charge in [0, 0.05) is 30.9 Å². The highest BCUT2D eigenvalue weighted by Gasteiger charge is 2.21. The lowest BCUT2D eigenvalue weighted by molar-refractivity contribution is 0.0931. The smallest absolute Gasteiger partial charge is 0.269 e. The zero-order chi connectivity index (χ0) is 25.6. The molecule has 0 saturated carbocycles. The van der Waals surface area contributed by atoms with Crippen molar-refractivity contribution in [2.24, 2.45) is 0 Å². The molecule has 1 aliphatic rings. The molecule has 6 nitrogen and oxygen atoms in total. The molecule has 2 amide bonds. The Balaban J connectivity index is 1.21. The first-order valence-electron chi connectivity index (χ1n) is 12.5. The number of aromatic nitrogens is 1. The number of pyridine rings is 1. The second-order valence-electron chi connectivity index (χ2n) is 9.26. The third-order valence-electron chi connectivity index (χ3n) is 6.64. The van der Waals surface area contributed by atoms with Crippen molar-refractivity contribution in [1.29, 1.82) is 0 Å². The molecule has 1 heterocycles. The maximum atomic E-state index is 12.9. The number of amides is 2. The minimum atomic E-state index is -0.264. The van der Waals surface area contributed by atoms with Crippen LogP contribution in [0.3, 0.4) is 0 Å². The number of nitrogens with zero attached hydrogens (tertiary/aromatic N) is 1. The Morgan fingerprint density at radius 1 is 0.865 bits per heavy atom. The lowest BCUT2D eigenvalue weighted by atomic mass is 9.88. The fourth-order valence-corrected chi connectivity index (χ4v) is 4.66. The molecular weight excluding hydrogens is 462 g/mol. The minimum Gasteiger partial charge on any atom is -0.457 e. The second-order valence-corrected chi connectivity index (χ2v) is 9.26. The van der Waals surface area contributed by atoms with E-state index in [1.54, 1.807) is 25.4 Å². The average Bonchev–Trinajstić information content (AvgIpc) is 2.93. The summed E-state index contributed by atoms with van der Waals surface area (Å²) < 4.78 is 6.01. The molecule has 1 atom stereocenters. The van der Waals surface area contributed by atoms with Crippen molar-refractivity contribution in [2.75, 3.05) is 7.05 Å². The van der Waals surface area contributed by atoms with E-state index in [1.807, 2.05) is 54.6 Å². The maximum absolute atomic E-state index is 12.9. The molecule has 0 radical (unpaired) electrons. The molecule has 0 spiro atoms. The van der Waals surface area contributed by atoms with E-state index >= 15 is 0 Å². The fourth-order valence-electron chi connectivity index (χ4n) is 4.66. The molecule has 37 heavy (non-hydrogen) atoms. The van der Waals surface area contributed by atoms with Crippen molar-refractivity contribution in [3.05, 3.63) is 125 Å². The van der Waals surface area contributed by atoms with Crippen LogP contribution in [0, 0.1) is 0 Å². The van der Waals surface area contributed by atoms with Crippen molar-refractivity contribution < 1.29 is 14.3 Å². The molecule has 3 aromatic carbocycles. The zero-order valence-corrected chi connectivity index (χ0v) is 20.7. The van der Waals surface area contributed by atoms with Crippen LogP contribution >= 0.6 is 0 Å². The molecule has 2 N–H and O–H groups in total. The summed E-state index contributed by atoms with van der Waals surface area (Å²) in [5, 5.41) is 5.77. The first kappa shape index (κ1) is 24.3. The molecule has 0 aliphatic heterocycles. The van der Waals surface area contributed by atoms with Gasteiger partial charge >= 0.3 is 0 Å². The summed E-state index contributed by atoms with van der Waals surface area (Å²) in [6.07, 6.45) is 4.93. The van der Waals surface area contributed by atoms with Crippen molar-refractivity contribution in [1.82, 2.24) is 15.6 Å². The third kappa shape index (κ3) is 6.04. The van der Waals surface area contributed by atoms with E-state index in [0.29, 0.717) is 22.8 Å². The van der Waals surface area contributed by atoms with E-state index in [1.165, 1.54) is 16.7 Å². The Bertz CT molecular complexity index is 1400. The first-order chi connectivity index (χ1) is 18.1. The Morgan fingerprint density at radius 3 is 2.41 bits per heavy atom. The number of nitrogens with one attached hydrogen (secondary N) is 2. The maximum Gasteiger partial charge on any atom is 0.269 e. The molecule has 1 aliphatic carbocycles. The van der Waals surface area contributed by atoms with Crippen LogP contribution in [-0.4, -0.2) is 29.9 Å². The summed E-state index contributed by atoms with van der Waals surface area (Å²) >= 11 is 0. The van der Waals surface area contributed by atoms with Crippen LogP contribution < -0.4 is 15.4 Å². The average molecular weight is 492 g/mol. The van der Waals surface area contributed by atoms with Crippen LogP contribution in [-0.2, 0) is 19.3 Å². The second kappa shape index (κ2) is 11.1. The summed E-state index contributed by atoms with van der Waals surface area (Å²) in [5.41, 5.74) is 5.83. The van der Waals surface area contributed by atoms with Crippen molar-refractivity contribution in [3.8, 4) is 11.5 Å². The summed E-state index contributed by atoms with van der Waals surface area (Å²) in [5.74, 6) is 0.921. The number of aryl methyl sites for hydroxylation is 1. The zero-order valence-electron chi connectivity index (χ0n) is 20.7. The fraction of sp³-hybridized carbons (Fsp3) is 0.194. The van der Waals surface area contributed by atoms with E-state index in [4.69, 9.17) is 4.74 Å². The first-order valence-corrected chi connectivity index (χ1v) is 12.5. The molecule has 5 rings (SSSR count). The monoisotopic (exact) mass is 491 g/mol. The summed E-state index contributed by atoms with van der Waals surface area (Å²) in [7, 11) is 1.57. The molecular formula is C31H29N3O3. The predicted octanol–water partition coefficient (Wildman–Crippen LogP) is 5.11. The number of carbonyl (C=O) groups is 2. The number of hydrogen-bond acceptors (Lipinski definition) is 4. The van der Waals surface area contributed by atoms with Crippen LogP contribution in [0.25, 0.3) is 0 Å². The van der Waals surface area contributed by atoms with Gasteiger partial charge in [-0.1, -0.05) is 48.5 Å². The SMILES string of the molecule is CNC(=O)c1cc(Oc2ccc3c(c2)CC(NC(=O)c2ccc(Cc4ccccc4)cc2)CC3)ccn1. The summed E-state index contributed by atoms with van der Waals surface area (Å²) in [4.78, 5) is 28.9. The van der Waals surface area contributed by atoms with E-state index in [-0.39, 0.29) is 17.9 Å². The van der Waals surface area contributed by atoms with Gasteiger partial charge in [0.2, 0.25) is 0 Å².